The number of nitrogens with one attached hydrogen (secondary N) is 1. The number of aromatic nitrogens is 1. The zero-order valence-electron chi connectivity index (χ0n) is 17.2. The van der Waals surface area contributed by atoms with E-state index in [1.54, 1.807) is 19.5 Å². The Labute approximate surface area is 176 Å². The Hall–Kier alpha value is -3.38. The quantitative estimate of drug-likeness (QED) is 0.644. The molecule has 1 saturated heterocycles. The van der Waals surface area contributed by atoms with E-state index in [1.165, 1.54) is 0 Å². The van der Waals surface area contributed by atoms with Gasteiger partial charge in [-0.2, -0.15) is 0 Å². The number of amides is 1. The van der Waals surface area contributed by atoms with Gasteiger partial charge < -0.3 is 19.7 Å². The number of rotatable bonds is 7. The van der Waals surface area contributed by atoms with Crippen LogP contribution in [0, 0.1) is 6.92 Å². The summed E-state index contributed by atoms with van der Waals surface area (Å²) in [4.78, 5) is 18.4. The summed E-state index contributed by atoms with van der Waals surface area (Å²) in [7, 11) is 1.63. The predicted molar refractivity (Wildman–Crippen MR) is 116 cm³/mol. The highest BCUT2D eigenvalue weighted by molar-refractivity contribution is 5.96. The van der Waals surface area contributed by atoms with E-state index in [9.17, 15) is 4.79 Å². The number of benzene rings is 2. The van der Waals surface area contributed by atoms with Crippen LogP contribution in [0.1, 0.15) is 17.5 Å². The van der Waals surface area contributed by atoms with E-state index >= 15 is 0 Å². The predicted octanol–water partition coefficient (Wildman–Crippen LogP) is 4.09. The summed E-state index contributed by atoms with van der Waals surface area (Å²) in [6.45, 7) is 3.36. The highest BCUT2D eigenvalue weighted by atomic mass is 16.5. The van der Waals surface area contributed by atoms with Gasteiger partial charge in [-0.15, -0.1) is 0 Å². The van der Waals surface area contributed by atoms with Crippen LogP contribution in [-0.4, -0.2) is 30.6 Å². The largest absolute Gasteiger partial charge is 0.497 e. The van der Waals surface area contributed by atoms with Gasteiger partial charge >= 0.3 is 0 Å². The molecule has 0 aliphatic carbocycles. The number of carbonyl (C=O) groups excluding carboxylic acids is 1. The lowest BCUT2D eigenvalue weighted by molar-refractivity contribution is -0.117. The van der Waals surface area contributed by atoms with Crippen molar-refractivity contribution in [2.75, 3.05) is 18.6 Å². The van der Waals surface area contributed by atoms with E-state index in [0.717, 1.165) is 28.3 Å². The molecule has 3 aromatic rings. The molecule has 6 nitrogen and oxygen atoms in total. The molecule has 1 N–H and O–H groups in total. The minimum atomic E-state index is 0.107. The molecule has 1 unspecified atom stereocenters. The molecule has 2 aromatic carbocycles. The first-order chi connectivity index (χ1) is 14.6. The van der Waals surface area contributed by atoms with Crippen LogP contribution in [-0.2, 0) is 11.3 Å². The van der Waals surface area contributed by atoms with Gasteiger partial charge in [0.2, 0.25) is 5.91 Å². The molecule has 0 saturated carbocycles. The molecule has 1 amide bonds. The summed E-state index contributed by atoms with van der Waals surface area (Å²) in [5.41, 5.74) is 3.08. The molecule has 1 aliphatic heterocycles. The number of nitrogens with zero attached hydrogens (tertiary/aromatic N) is 2. The Morgan fingerprint density at radius 1 is 1.13 bits per heavy atom. The monoisotopic (exact) mass is 403 g/mol. The summed E-state index contributed by atoms with van der Waals surface area (Å²) in [5, 5.41) is 3.51. The van der Waals surface area contributed by atoms with Gasteiger partial charge in [-0.05, 0) is 48.4 Å². The van der Waals surface area contributed by atoms with Crippen molar-refractivity contribution in [3.05, 3.63) is 78.1 Å². The van der Waals surface area contributed by atoms with Crippen LogP contribution in [0.15, 0.2) is 67.0 Å². The normalized spacial score (nSPS) is 16.0. The van der Waals surface area contributed by atoms with Crippen molar-refractivity contribution in [1.82, 2.24) is 10.3 Å². The van der Waals surface area contributed by atoms with Gasteiger partial charge in [-0.3, -0.25) is 9.78 Å². The second-order valence-corrected chi connectivity index (χ2v) is 7.38. The highest BCUT2D eigenvalue weighted by Crippen LogP contribution is 2.27. The first-order valence-electron chi connectivity index (χ1n) is 9.97. The van der Waals surface area contributed by atoms with Gasteiger partial charge in [0.1, 0.15) is 17.2 Å². The molecule has 154 valence electrons. The summed E-state index contributed by atoms with van der Waals surface area (Å²) in [5.74, 6) is 2.40. The van der Waals surface area contributed by atoms with Crippen molar-refractivity contribution in [3.63, 3.8) is 0 Å². The zero-order chi connectivity index (χ0) is 20.9. The molecule has 4 rings (SSSR count). The Kier molecular flexibility index (Phi) is 5.95. The van der Waals surface area contributed by atoms with Crippen LogP contribution in [0.2, 0.25) is 0 Å². The molecule has 1 atom stereocenters. The molecule has 1 fully saturated rings. The molecule has 0 radical (unpaired) electrons. The van der Waals surface area contributed by atoms with E-state index in [1.807, 2.05) is 60.4 Å². The first-order valence-corrected chi connectivity index (χ1v) is 9.97. The lowest BCUT2D eigenvalue weighted by Crippen LogP contribution is -2.32. The van der Waals surface area contributed by atoms with E-state index in [0.29, 0.717) is 25.3 Å². The third-order valence-corrected chi connectivity index (χ3v) is 5.19. The van der Waals surface area contributed by atoms with Crippen molar-refractivity contribution in [2.45, 2.75) is 25.9 Å². The number of carbonyl (C=O) groups is 1. The average Bonchev–Trinajstić information content (AvgIpc) is 3.15. The third-order valence-electron chi connectivity index (χ3n) is 5.19. The summed E-state index contributed by atoms with van der Waals surface area (Å²) in [6, 6.07) is 17.6. The average molecular weight is 403 g/mol. The van der Waals surface area contributed by atoms with Crippen LogP contribution >= 0.6 is 0 Å². The van der Waals surface area contributed by atoms with Crippen LogP contribution in [0.5, 0.6) is 17.2 Å². The van der Waals surface area contributed by atoms with Crippen molar-refractivity contribution in [1.29, 1.82) is 0 Å². The Bertz CT molecular complexity index is 1020. The van der Waals surface area contributed by atoms with Crippen LogP contribution < -0.4 is 19.7 Å². The summed E-state index contributed by atoms with van der Waals surface area (Å²) < 4.78 is 11.2. The molecule has 6 heteroatoms. The fraction of sp³-hybridized carbons (Fsp3) is 0.250. The molecule has 2 heterocycles. The fourth-order valence-corrected chi connectivity index (χ4v) is 3.60. The van der Waals surface area contributed by atoms with Crippen molar-refractivity contribution in [2.24, 2.45) is 0 Å². The summed E-state index contributed by atoms with van der Waals surface area (Å²) in [6.07, 6.45) is 3.90. The first kappa shape index (κ1) is 19.9. The van der Waals surface area contributed by atoms with Crippen molar-refractivity contribution in [3.8, 4) is 17.2 Å². The van der Waals surface area contributed by atoms with E-state index < -0.39 is 0 Å². The number of hydrogen-bond donors (Lipinski definition) is 1. The molecule has 0 bridgehead atoms. The smallest absolute Gasteiger partial charge is 0.228 e. The standard InChI is InChI=1S/C24H25N3O3/c1-17-11-18(8-9-23(17)30-22-7-4-10-25-15-22)14-26-19-12-24(28)27(16-19)20-5-3-6-21(13-20)29-2/h3-11,13,15,19,26H,12,14,16H2,1-2H3. The molecular weight excluding hydrogens is 378 g/mol. The molecule has 0 spiro atoms. The zero-order valence-corrected chi connectivity index (χ0v) is 17.2. The second-order valence-electron chi connectivity index (χ2n) is 7.38. The maximum atomic E-state index is 12.5. The van der Waals surface area contributed by atoms with Gasteiger partial charge in [0.05, 0.1) is 13.3 Å². The van der Waals surface area contributed by atoms with Gasteiger partial charge in [-0.25, -0.2) is 0 Å². The number of methoxy groups -OCH3 is 1. The van der Waals surface area contributed by atoms with Crippen LogP contribution in [0.3, 0.4) is 0 Å². The van der Waals surface area contributed by atoms with E-state index in [4.69, 9.17) is 9.47 Å². The highest BCUT2D eigenvalue weighted by Gasteiger charge is 2.30. The fourth-order valence-electron chi connectivity index (χ4n) is 3.60. The lowest BCUT2D eigenvalue weighted by Gasteiger charge is -2.18. The topological polar surface area (TPSA) is 63.7 Å². The number of anilines is 1. The molecular formula is C24H25N3O3. The van der Waals surface area contributed by atoms with Crippen molar-refractivity contribution < 1.29 is 14.3 Å². The van der Waals surface area contributed by atoms with Gasteiger partial charge in [0.25, 0.3) is 0 Å². The van der Waals surface area contributed by atoms with Crippen LogP contribution in [0.4, 0.5) is 5.69 Å². The minimum absolute atomic E-state index is 0.107. The SMILES string of the molecule is COc1cccc(N2CC(NCc3ccc(Oc4cccnc4)c(C)c3)CC2=O)c1. The number of aryl methyl sites for hydroxylation is 1. The number of ether oxygens (including phenoxy) is 2. The Morgan fingerprint density at radius 3 is 2.77 bits per heavy atom. The maximum absolute atomic E-state index is 12.5. The van der Waals surface area contributed by atoms with Gasteiger partial charge in [0.15, 0.2) is 0 Å². The molecule has 30 heavy (non-hydrogen) atoms. The molecule has 1 aliphatic rings. The van der Waals surface area contributed by atoms with E-state index in [2.05, 4.69) is 16.4 Å². The van der Waals surface area contributed by atoms with Gasteiger partial charge in [0, 0.05) is 43.5 Å². The third kappa shape index (κ3) is 4.60. The van der Waals surface area contributed by atoms with E-state index in [-0.39, 0.29) is 11.9 Å². The minimum Gasteiger partial charge on any atom is -0.497 e. The Balaban J connectivity index is 1.35. The summed E-state index contributed by atoms with van der Waals surface area (Å²) >= 11 is 0. The number of pyridine rings is 1. The molecule has 1 aromatic heterocycles. The second kappa shape index (κ2) is 8.97. The Morgan fingerprint density at radius 2 is 2.00 bits per heavy atom. The van der Waals surface area contributed by atoms with Crippen molar-refractivity contribution >= 4 is 11.6 Å². The van der Waals surface area contributed by atoms with Gasteiger partial charge in [-0.1, -0.05) is 18.2 Å². The van der Waals surface area contributed by atoms with Crippen LogP contribution in [0.25, 0.3) is 0 Å². The maximum Gasteiger partial charge on any atom is 0.228 e. The number of hydrogen-bond acceptors (Lipinski definition) is 5. The lowest BCUT2D eigenvalue weighted by atomic mass is 10.1.